The lowest BCUT2D eigenvalue weighted by Crippen LogP contribution is -2.53. The number of nitrogens with one attached hydrogen (secondary N) is 1. The SMILES string of the molecule is COc1ccc([C@@]23C(=O)N(Nc4ccc(Cl)cc4Cl)C(=O)[C@@H]2C[C@@H]2C(=CC[C@@H]4C(=O)N(c5ccc(C)c(Cl)c5)C(=O)[C@@H]42)[C@@H]3c2c(O)cc(OC)cc2OC)cc1. The maximum absolute atomic E-state index is 15.6. The van der Waals surface area contributed by atoms with Crippen LogP contribution in [0.15, 0.2) is 84.4 Å². The lowest BCUT2D eigenvalue weighted by molar-refractivity contribution is -0.138. The van der Waals surface area contributed by atoms with Gasteiger partial charge in [-0.2, -0.15) is 5.01 Å². The van der Waals surface area contributed by atoms with Gasteiger partial charge in [0.2, 0.25) is 11.8 Å². The molecular formula is C42H36Cl3N3O8. The van der Waals surface area contributed by atoms with E-state index in [0.717, 1.165) is 10.6 Å². The first-order chi connectivity index (χ1) is 26.8. The van der Waals surface area contributed by atoms with E-state index in [0.29, 0.717) is 38.4 Å². The second-order valence-corrected chi connectivity index (χ2v) is 15.7. The first-order valence-electron chi connectivity index (χ1n) is 17.9. The summed E-state index contributed by atoms with van der Waals surface area (Å²) in [5.41, 5.74) is 3.94. The van der Waals surface area contributed by atoms with Crippen molar-refractivity contribution in [2.45, 2.75) is 31.1 Å². The Balaban J connectivity index is 1.37. The Morgan fingerprint density at radius 1 is 0.786 bits per heavy atom. The number of ether oxygens (including phenoxy) is 3. The van der Waals surface area contributed by atoms with E-state index in [2.05, 4.69) is 5.43 Å². The van der Waals surface area contributed by atoms with Gasteiger partial charge in [0.15, 0.2) is 0 Å². The summed E-state index contributed by atoms with van der Waals surface area (Å²) in [6.07, 6.45) is 2.08. The molecule has 4 aromatic carbocycles. The lowest BCUT2D eigenvalue weighted by atomic mass is 9.49. The largest absolute Gasteiger partial charge is 0.507 e. The van der Waals surface area contributed by atoms with Crippen molar-refractivity contribution >= 4 is 69.8 Å². The number of anilines is 2. The van der Waals surface area contributed by atoms with Crippen LogP contribution in [0.25, 0.3) is 0 Å². The van der Waals surface area contributed by atoms with Gasteiger partial charge in [-0.05, 0) is 79.3 Å². The van der Waals surface area contributed by atoms with Crippen LogP contribution in [0.1, 0.15) is 35.4 Å². The Hall–Kier alpha value is -5.23. The number of aryl methyl sites for hydroxylation is 1. The number of hydrogen-bond donors (Lipinski definition) is 2. The minimum absolute atomic E-state index is 0.0212. The highest BCUT2D eigenvalue weighted by Crippen LogP contribution is 2.66. The third-order valence-electron chi connectivity index (χ3n) is 11.8. The summed E-state index contributed by atoms with van der Waals surface area (Å²) in [6, 6.07) is 19.5. The number of phenols is 1. The molecular weight excluding hydrogens is 781 g/mol. The normalized spacial score (nSPS) is 25.4. The molecule has 2 N–H and O–H groups in total. The first kappa shape index (κ1) is 37.7. The third kappa shape index (κ3) is 5.54. The summed E-state index contributed by atoms with van der Waals surface area (Å²) in [5.74, 6) is -5.82. The van der Waals surface area contributed by atoms with Gasteiger partial charge < -0.3 is 19.3 Å². The lowest BCUT2D eigenvalue weighted by Gasteiger charge is -2.50. The molecule has 8 rings (SSSR count). The van der Waals surface area contributed by atoms with Crippen molar-refractivity contribution in [3.05, 3.63) is 116 Å². The van der Waals surface area contributed by atoms with Gasteiger partial charge in [-0.1, -0.05) is 64.7 Å². The first-order valence-corrected chi connectivity index (χ1v) is 19.0. The van der Waals surface area contributed by atoms with Crippen LogP contribution >= 0.6 is 34.8 Å². The van der Waals surface area contributed by atoms with Crippen molar-refractivity contribution in [3.8, 4) is 23.0 Å². The summed E-state index contributed by atoms with van der Waals surface area (Å²) in [6.45, 7) is 1.83. The zero-order valence-electron chi connectivity index (χ0n) is 30.6. The van der Waals surface area contributed by atoms with E-state index in [1.165, 1.54) is 38.4 Å². The fourth-order valence-corrected chi connectivity index (χ4v) is 9.92. The summed E-state index contributed by atoms with van der Waals surface area (Å²) >= 11 is 19.2. The summed E-state index contributed by atoms with van der Waals surface area (Å²) < 4.78 is 16.9. The number of carbonyl (C=O) groups is 4. The number of hydrogen-bond acceptors (Lipinski definition) is 9. The van der Waals surface area contributed by atoms with Gasteiger partial charge in [-0.3, -0.25) is 24.6 Å². The monoisotopic (exact) mass is 815 g/mol. The molecule has 0 radical (unpaired) electrons. The van der Waals surface area contributed by atoms with Gasteiger partial charge >= 0.3 is 0 Å². The number of imide groups is 2. The molecule has 4 aliphatic rings. The van der Waals surface area contributed by atoms with E-state index in [4.69, 9.17) is 49.0 Å². The van der Waals surface area contributed by atoms with Crippen LogP contribution in [0.4, 0.5) is 11.4 Å². The summed E-state index contributed by atoms with van der Waals surface area (Å²) in [7, 11) is 4.40. The Labute approximate surface area is 337 Å². The van der Waals surface area contributed by atoms with Gasteiger partial charge in [0.1, 0.15) is 23.0 Å². The minimum atomic E-state index is -1.72. The number of allylic oxidation sites excluding steroid dienone is 2. The molecule has 2 heterocycles. The zero-order valence-corrected chi connectivity index (χ0v) is 32.9. The quantitative estimate of drug-likeness (QED) is 0.135. The Morgan fingerprint density at radius 3 is 2.18 bits per heavy atom. The predicted molar refractivity (Wildman–Crippen MR) is 211 cm³/mol. The number of amides is 4. The molecule has 56 heavy (non-hydrogen) atoms. The Bertz CT molecular complexity index is 2370. The van der Waals surface area contributed by atoms with Crippen LogP contribution in [0, 0.1) is 30.6 Å². The maximum atomic E-state index is 15.6. The van der Waals surface area contributed by atoms with E-state index in [1.54, 1.807) is 60.7 Å². The number of nitrogens with zero attached hydrogens (tertiary/aromatic N) is 2. The van der Waals surface area contributed by atoms with E-state index < -0.39 is 52.7 Å². The van der Waals surface area contributed by atoms with Crippen LogP contribution < -0.4 is 24.5 Å². The molecule has 4 aromatic rings. The fourth-order valence-electron chi connectivity index (χ4n) is 9.30. The molecule has 14 heteroatoms. The van der Waals surface area contributed by atoms with Gasteiger partial charge in [0, 0.05) is 33.7 Å². The highest BCUT2D eigenvalue weighted by Gasteiger charge is 2.71. The second-order valence-electron chi connectivity index (χ2n) is 14.4. The number of fused-ring (bicyclic) bond motifs is 4. The van der Waals surface area contributed by atoms with E-state index in [1.807, 2.05) is 13.0 Å². The van der Waals surface area contributed by atoms with Crippen LogP contribution in [0.2, 0.25) is 15.1 Å². The zero-order chi connectivity index (χ0) is 39.8. The average molecular weight is 817 g/mol. The number of halogens is 3. The molecule has 0 aromatic heterocycles. The van der Waals surface area contributed by atoms with Gasteiger partial charge in [0.05, 0.1) is 60.9 Å². The molecule has 0 spiro atoms. The van der Waals surface area contributed by atoms with E-state index in [9.17, 15) is 14.7 Å². The van der Waals surface area contributed by atoms with Crippen molar-refractivity contribution in [2.24, 2.45) is 23.7 Å². The van der Waals surface area contributed by atoms with E-state index >= 15 is 9.59 Å². The summed E-state index contributed by atoms with van der Waals surface area (Å²) in [5, 5.41) is 13.9. The summed E-state index contributed by atoms with van der Waals surface area (Å²) in [4.78, 5) is 60.7. The Kier molecular flexibility index (Phi) is 9.46. The van der Waals surface area contributed by atoms with Gasteiger partial charge in [-0.25, -0.2) is 4.90 Å². The number of benzene rings is 4. The predicted octanol–water partition coefficient (Wildman–Crippen LogP) is 7.88. The molecule has 2 aliphatic heterocycles. The van der Waals surface area contributed by atoms with E-state index in [-0.39, 0.29) is 46.5 Å². The average Bonchev–Trinajstić information content (AvgIpc) is 3.57. The van der Waals surface area contributed by atoms with Crippen LogP contribution in [0.5, 0.6) is 23.0 Å². The van der Waals surface area contributed by atoms with Crippen molar-refractivity contribution < 1.29 is 38.5 Å². The van der Waals surface area contributed by atoms with Crippen LogP contribution in [-0.4, -0.2) is 55.1 Å². The van der Waals surface area contributed by atoms with Crippen LogP contribution in [-0.2, 0) is 24.6 Å². The molecule has 2 saturated heterocycles. The van der Waals surface area contributed by atoms with Crippen molar-refractivity contribution in [3.63, 3.8) is 0 Å². The molecule has 4 amide bonds. The number of rotatable bonds is 8. The number of aromatic hydroxyl groups is 1. The second kappa shape index (κ2) is 14.1. The molecule has 3 fully saturated rings. The molecule has 288 valence electrons. The van der Waals surface area contributed by atoms with Crippen molar-refractivity contribution in [1.29, 1.82) is 0 Å². The molecule has 6 atom stereocenters. The standard InChI is InChI=1S/C42H36Cl3N3O8/c1-20-5-9-23(16-30(20)44)47-38(50)27-13-12-26-28(35(27)40(47)52)19-29-39(51)48(46-32-14-8-22(43)15-31(32)45)41(53)42(29,21-6-10-24(54-2)11-7-21)37(26)36-33(49)17-25(55-3)18-34(36)56-4/h5-12,14-18,27-29,35,37,46,49H,13,19H2,1-4H3/t27-,28+,29-,35-,37+,42+/m0/s1. The number of methoxy groups -OCH3 is 3. The molecule has 11 nitrogen and oxygen atoms in total. The molecule has 2 aliphatic carbocycles. The van der Waals surface area contributed by atoms with Gasteiger partial charge in [0.25, 0.3) is 11.8 Å². The molecule has 1 saturated carbocycles. The smallest absolute Gasteiger partial charge is 0.260 e. The van der Waals surface area contributed by atoms with Crippen molar-refractivity contribution in [2.75, 3.05) is 31.7 Å². The van der Waals surface area contributed by atoms with Crippen LogP contribution in [0.3, 0.4) is 0 Å². The highest BCUT2D eigenvalue weighted by atomic mass is 35.5. The fraction of sp³-hybridized carbons (Fsp3) is 0.286. The molecule has 0 bridgehead atoms. The number of phenolic OH excluding ortho intramolecular Hbond substituents is 1. The van der Waals surface area contributed by atoms with Gasteiger partial charge in [-0.15, -0.1) is 0 Å². The Morgan fingerprint density at radius 2 is 1.52 bits per heavy atom. The third-order valence-corrected chi connectivity index (χ3v) is 12.8. The molecule has 0 unspecified atom stereocenters. The van der Waals surface area contributed by atoms with Crippen molar-refractivity contribution in [1.82, 2.24) is 5.01 Å². The maximum Gasteiger partial charge on any atom is 0.260 e. The number of hydrazine groups is 1. The highest BCUT2D eigenvalue weighted by molar-refractivity contribution is 6.36. The topological polar surface area (TPSA) is 135 Å². The minimum Gasteiger partial charge on any atom is -0.507 e. The number of carbonyl (C=O) groups excluding carboxylic acids is 4.